The van der Waals surface area contributed by atoms with E-state index in [-0.39, 0.29) is 0 Å². The largest absolute Gasteiger partial charge is 0.406 e. The third-order valence-electron chi connectivity index (χ3n) is 2.63. The number of hydrogen-bond acceptors (Lipinski definition) is 2. The van der Waals surface area contributed by atoms with Crippen molar-refractivity contribution in [1.82, 2.24) is 5.06 Å². The lowest BCUT2D eigenvalue weighted by Gasteiger charge is -2.04. The van der Waals surface area contributed by atoms with Crippen LogP contribution in [0.4, 0.5) is 0 Å². The molecule has 0 saturated carbocycles. The van der Waals surface area contributed by atoms with Crippen LogP contribution in [0, 0.1) is 0 Å². The lowest BCUT2D eigenvalue weighted by molar-refractivity contribution is -0.0136. The molecule has 0 fully saturated rings. The second kappa shape index (κ2) is 2.72. The quantitative estimate of drug-likeness (QED) is 0.625. The van der Waals surface area contributed by atoms with E-state index in [0.717, 1.165) is 12.3 Å². The zero-order valence-corrected chi connectivity index (χ0v) is 8.03. The van der Waals surface area contributed by atoms with Crippen LogP contribution in [0.1, 0.15) is 5.56 Å². The highest BCUT2D eigenvalue weighted by Crippen LogP contribution is 2.33. The summed E-state index contributed by atoms with van der Waals surface area (Å²) in [5, 5.41) is 4.44. The van der Waals surface area contributed by atoms with Crippen LogP contribution in [-0.2, 0) is 6.54 Å². The summed E-state index contributed by atoms with van der Waals surface area (Å²) in [4.78, 5) is 5.55. The van der Waals surface area contributed by atoms with Crippen LogP contribution in [0.2, 0.25) is 0 Å². The van der Waals surface area contributed by atoms with Crippen molar-refractivity contribution in [2.75, 3.05) is 7.05 Å². The summed E-state index contributed by atoms with van der Waals surface area (Å²) in [5.41, 5.74) is 1.30. The first-order valence-electron chi connectivity index (χ1n) is 4.74. The highest BCUT2D eigenvalue weighted by molar-refractivity contribution is 5.88. The predicted octanol–water partition coefficient (Wildman–Crippen LogP) is 2.58. The van der Waals surface area contributed by atoms with Gasteiger partial charge in [-0.2, -0.15) is 0 Å². The Morgan fingerprint density at radius 2 is 2.00 bits per heavy atom. The molecule has 14 heavy (non-hydrogen) atoms. The molecule has 70 valence electrons. The molecule has 0 atom stereocenters. The molecule has 0 N–H and O–H groups in total. The van der Waals surface area contributed by atoms with E-state index in [1.165, 1.54) is 16.3 Å². The first-order valence-corrected chi connectivity index (χ1v) is 4.74. The van der Waals surface area contributed by atoms with Crippen LogP contribution in [0.3, 0.4) is 0 Å². The average Bonchev–Trinajstić information content (AvgIpc) is 2.59. The minimum absolute atomic E-state index is 0.872. The molecule has 1 aliphatic rings. The van der Waals surface area contributed by atoms with Gasteiger partial charge in [0, 0.05) is 12.6 Å². The van der Waals surface area contributed by atoms with E-state index in [1.807, 2.05) is 18.2 Å². The summed E-state index contributed by atoms with van der Waals surface area (Å²) < 4.78 is 0. The van der Waals surface area contributed by atoms with E-state index in [4.69, 9.17) is 4.84 Å². The molecule has 0 unspecified atom stereocenters. The third-order valence-corrected chi connectivity index (χ3v) is 2.63. The van der Waals surface area contributed by atoms with Gasteiger partial charge in [0.15, 0.2) is 5.75 Å². The Bertz CT molecular complexity index is 493. The maximum Gasteiger partial charge on any atom is 0.152 e. The molecule has 0 spiro atoms. The van der Waals surface area contributed by atoms with Crippen LogP contribution >= 0.6 is 0 Å². The van der Waals surface area contributed by atoms with Crippen molar-refractivity contribution in [3.63, 3.8) is 0 Å². The fourth-order valence-corrected chi connectivity index (χ4v) is 1.99. The second-order valence-corrected chi connectivity index (χ2v) is 3.64. The van der Waals surface area contributed by atoms with Crippen LogP contribution in [0.15, 0.2) is 36.4 Å². The van der Waals surface area contributed by atoms with Crippen LogP contribution < -0.4 is 4.84 Å². The van der Waals surface area contributed by atoms with Crippen molar-refractivity contribution in [3.8, 4) is 5.75 Å². The van der Waals surface area contributed by atoms with Crippen molar-refractivity contribution >= 4 is 10.8 Å². The molecular weight excluding hydrogens is 174 g/mol. The molecular formula is C12H11NO. The predicted molar refractivity (Wildman–Crippen MR) is 56.0 cm³/mol. The van der Waals surface area contributed by atoms with Gasteiger partial charge in [-0.1, -0.05) is 30.3 Å². The van der Waals surface area contributed by atoms with Crippen molar-refractivity contribution < 1.29 is 4.84 Å². The van der Waals surface area contributed by atoms with Crippen molar-refractivity contribution in [2.24, 2.45) is 0 Å². The van der Waals surface area contributed by atoms with E-state index in [1.54, 1.807) is 0 Å². The number of hydrogen-bond donors (Lipinski definition) is 0. The van der Waals surface area contributed by atoms with Crippen LogP contribution in [-0.4, -0.2) is 12.1 Å². The molecule has 2 aromatic carbocycles. The van der Waals surface area contributed by atoms with Gasteiger partial charge in [-0.15, -0.1) is 5.06 Å². The lowest BCUT2D eigenvalue weighted by atomic mass is 10.0. The first kappa shape index (κ1) is 7.83. The molecule has 2 nitrogen and oxygen atoms in total. The minimum atomic E-state index is 0.872. The summed E-state index contributed by atoms with van der Waals surface area (Å²) in [6, 6.07) is 12.6. The highest BCUT2D eigenvalue weighted by Gasteiger charge is 2.19. The van der Waals surface area contributed by atoms with E-state index in [0.29, 0.717) is 0 Å². The number of benzene rings is 2. The molecule has 2 heteroatoms. The lowest BCUT2D eigenvalue weighted by Crippen LogP contribution is -2.13. The maximum absolute atomic E-state index is 5.55. The number of fused-ring (bicyclic) bond motifs is 3. The van der Waals surface area contributed by atoms with Gasteiger partial charge >= 0.3 is 0 Å². The van der Waals surface area contributed by atoms with E-state index in [2.05, 4.69) is 30.3 Å². The fourth-order valence-electron chi connectivity index (χ4n) is 1.99. The Morgan fingerprint density at radius 1 is 1.14 bits per heavy atom. The van der Waals surface area contributed by atoms with Crippen molar-refractivity contribution in [2.45, 2.75) is 6.54 Å². The zero-order chi connectivity index (χ0) is 9.54. The van der Waals surface area contributed by atoms with Crippen LogP contribution in [0.5, 0.6) is 5.75 Å². The van der Waals surface area contributed by atoms with Crippen molar-refractivity contribution in [3.05, 3.63) is 42.0 Å². The van der Waals surface area contributed by atoms with Gasteiger partial charge in [0.25, 0.3) is 0 Å². The SMILES string of the molecule is CN1Cc2c(ccc3ccccc23)O1. The topological polar surface area (TPSA) is 12.5 Å². The molecule has 0 bridgehead atoms. The molecule has 0 aromatic heterocycles. The third kappa shape index (κ3) is 1.01. The Balaban J connectivity index is 2.33. The Kier molecular flexibility index (Phi) is 1.52. The Labute approximate surface area is 82.7 Å². The summed E-state index contributed by atoms with van der Waals surface area (Å²) in [6.07, 6.45) is 0. The Hall–Kier alpha value is -1.54. The number of hydroxylamine groups is 2. The maximum atomic E-state index is 5.55. The highest BCUT2D eigenvalue weighted by atomic mass is 16.7. The Morgan fingerprint density at radius 3 is 2.93 bits per heavy atom. The van der Waals surface area contributed by atoms with Gasteiger partial charge in [0.05, 0.1) is 6.54 Å². The fraction of sp³-hybridized carbons (Fsp3) is 0.167. The van der Waals surface area contributed by atoms with Gasteiger partial charge in [-0.05, 0) is 16.8 Å². The normalized spacial score (nSPS) is 15.5. The van der Waals surface area contributed by atoms with Crippen LogP contribution in [0.25, 0.3) is 10.8 Å². The van der Waals surface area contributed by atoms with Gasteiger partial charge in [-0.3, -0.25) is 0 Å². The zero-order valence-electron chi connectivity index (χ0n) is 8.03. The smallest absolute Gasteiger partial charge is 0.152 e. The molecule has 0 aliphatic carbocycles. The van der Waals surface area contributed by atoms with E-state index in [9.17, 15) is 0 Å². The summed E-state index contributed by atoms with van der Waals surface area (Å²) in [6.45, 7) is 0.872. The monoisotopic (exact) mass is 185 g/mol. The molecule has 2 aromatic rings. The molecule has 0 saturated heterocycles. The molecule has 0 radical (unpaired) electrons. The molecule has 1 aliphatic heterocycles. The van der Waals surface area contributed by atoms with Gasteiger partial charge < -0.3 is 4.84 Å². The molecule has 0 amide bonds. The molecule has 1 heterocycles. The standard InChI is InChI=1S/C12H11NO/c1-13-8-11-10-5-3-2-4-9(10)6-7-12(11)14-13/h2-7H,8H2,1H3. The summed E-state index contributed by atoms with van der Waals surface area (Å²) >= 11 is 0. The minimum Gasteiger partial charge on any atom is -0.406 e. The molecule has 3 rings (SSSR count). The number of rotatable bonds is 0. The van der Waals surface area contributed by atoms with E-state index >= 15 is 0 Å². The van der Waals surface area contributed by atoms with Crippen molar-refractivity contribution in [1.29, 1.82) is 0 Å². The van der Waals surface area contributed by atoms with Gasteiger partial charge in [0.1, 0.15) is 0 Å². The first-order chi connectivity index (χ1) is 6.84. The van der Waals surface area contributed by atoms with E-state index < -0.39 is 0 Å². The summed E-state index contributed by atoms with van der Waals surface area (Å²) in [7, 11) is 1.95. The van der Waals surface area contributed by atoms with Gasteiger partial charge in [0.2, 0.25) is 0 Å². The second-order valence-electron chi connectivity index (χ2n) is 3.64. The number of nitrogens with zero attached hydrogens (tertiary/aromatic N) is 1. The average molecular weight is 185 g/mol. The summed E-state index contributed by atoms with van der Waals surface area (Å²) in [5.74, 6) is 0.992. The van der Waals surface area contributed by atoms with Gasteiger partial charge in [-0.25, -0.2) is 0 Å².